The molecule has 0 heterocycles. The van der Waals surface area contributed by atoms with Gasteiger partial charge in [0, 0.05) is 0 Å². The molecule has 51 heavy (non-hydrogen) atoms. The van der Waals surface area contributed by atoms with E-state index < -0.39 is 114 Å². The normalized spacial score (nSPS) is 18.7. The molecule has 0 amide bonds. The lowest BCUT2D eigenvalue weighted by Gasteiger charge is -2.43. The summed E-state index contributed by atoms with van der Waals surface area (Å²) in [7, 11) is 0. The van der Waals surface area contributed by atoms with Crippen LogP contribution in [0.15, 0.2) is 0 Å². The van der Waals surface area contributed by atoms with Crippen molar-refractivity contribution >= 4 is 0 Å². The molecule has 0 saturated heterocycles. The van der Waals surface area contributed by atoms with Crippen LogP contribution in [0.5, 0.6) is 0 Å². The molecule has 0 aliphatic carbocycles. The van der Waals surface area contributed by atoms with Crippen LogP contribution >= 0.6 is 0 Å². The van der Waals surface area contributed by atoms with Crippen LogP contribution in [-0.2, 0) is 0 Å². The Labute approximate surface area is 256 Å². The van der Waals surface area contributed by atoms with Crippen molar-refractivity contribution in [2.45, 2.75) is 109 Å². The smallest absolute Gasteiger partial charge is 0.247 e. The second-order valence-electron chi connectivity index (χ2n) is 9.45. The predicted octanol–water partition coefficient (Wildman–Crippen LogP) is 10.00. The Morgan fingerprint density at radius 1 is 0.235 bits per heavy atom. The van der Waals surface area contributed by atoms with E-state index in [4.69, 9.17) is 0 Å². The van der Waals surface area contributed by atoms with E-state index in [1.54, 1.807) is 0 Å². The maximum absolute atomic E-state index is 13.7. The van der Waals surface area contributed by atoms with Gasteiger partial charge in [0.15, 0.2) is 0 Å². The van der Waals surface area contributed by atoms with Gasteiger partial charge in [0.25, 0.3) is 12.9 Å². The van der Waals surface area contributed by atoms with Crippen molar-refractivity contribution in [2.24, 2.45) is 0 Å². The maximum Gasteiger partial charge on any atom is 0.384 e. The van der Waals surface area contributed by atoms with E-state index in [1.807, 2.05) is 0 Å². The van der Waals surface area contributed by atoms with Gasteiger partial charge in [0.1, 0.15) is 0 Å². The van der Waals surface area contributed by atoms with Crippen molar-refractivity contribution in [3.05, 3.63) is 0 Å². The molecule has 0 aromatic carbocycles. The largest absolute Gasteiger partial charge is 0.384 e. The molecule has 0 aromatic heterocycles. The zero-order valence-corrected chi connectivity index (χ0v) is 22.1. The molecular weight excluding hydrogens is 838 g/mol. The van der Waals surface area contributed by atoms with Crippen LogP contribution in [0.1, 0.15) is 0 Å². The van der Waals surface area contributed by atoms with Crippen molar-refractivity contribution in [1.82, 2.24) is 5.32 Å². The van der Waals surface area contributed by atoms with E-state index >= 15 is 0 Å². The Morgan fingerprint density at radius 3 is 0.549 bits per heavy atom. The van der Waals surface area contributed by atoms with Crippen molar-refractivity contribution in [3.8, 4) is 0 Å². The van der Waals surface area contributed by atoms with E-state index in [9.17, 15) is 140 Å². The standard InChI is InChI=1S/C18H7F32N/c19-1(3(21)22)7(27,28)11(35,36)15(43,44)17(47,48)13(39,40)9(31,32)5(25)51-6(26)10(33,34)14(41,42)18(49,50)16(45,46)12(37,38)8(29,30)2(20)4(23)24/h1-6,51H. The van der Waals surface area contributed by atoms with Crippen LogP contribution in [0.4, 0.5) is 140 Å². The van der Waals surface area contributed by atoms with Gasteiger partial charge in [-0.3, -0.25) is 0 Å². The molecule has 4 unspecified atom stereocenters. The molecule has 0 rings (SSSR count). The van der Waals surface area contributed by atoms with Gasteiger partial charge < -0.3 is 0 Å². The van der Waals surface area contributed by atoms with Gasteiger partial charge in [-0.1, -0.05) is 0 Å². The first-order chi connectivity index (χ1) is 21.8. The first-order valence-corrected chi connectivity index (χ1v) is 11.2. The summed E-state index contributed by atoms with van der Waals surface area (Å²) in [6.45, 7) is 0. The van der Waals surface area contributed by atoms with Gasteiger partial charge in [0.05, 0.1) is 0 Å². The molecule has 0 spiro atoms. The molecule has 0 saturated carbocycles. The fourth-order valence-electron chi connectivity index (χ4n) is 2.94. The minimum Gasteiger partial charge on any atom is -0.247 e. The lowest BCUT2D eigenvalue weighted by Crippen LogP contribution is -2.75. The van der Waals surface area contributed by atoms with Gasteiger partial charge in [-0.25, -0.2) is 40.4 Å². The summed E-state index contributed by atoms with van der Waals surface area (Å²) in [4.78, 5) is 0. The Hall–Kier alpha value is -2.28. The zero-order chi connectivity index (χ0) is 42.2. The number of hydrogen-bond donors (Lipinski definition) is 1. The lowest BCUT2D eigenvalue weighted by molar-refractivity contribution is -0.439. The maximum atomic E-state index is 13.7. The third kappa shape index (κ3) is 6.52. The lowest BCUT2D eigenvalue weighted by atomic mass is 9.89. The topological polar surface area (TPSA) is 12.0 Å². The summed E-state index contributed by atoms with van der Waals surface area (Å²) in [5, 5.41) is -1.62. The van der Waals surface area contributed by atoms with E-state index in [1.165, 1.54) is 0 Å². The van der Waals surface area contributed by atoms with E-state index in [0.29, 0.717) is 0 Å². The first kappa shape index (κ1) is 48.7. The average Bonchev–Trinajstić information content (AvgIpc) is 2.94. The summed E-state index contributed by atoms with van der Waals surface area (Å²) < 4.78 is 425. The monoisotopic (exact) mass is 845 g/mol. The van der Waals surface area contributed by atoms with Crippen molar-refractivity contribution in [2.75, 3.05) is 0 Å². The molecule has 1 nitrogen and oxygen atoms in total. The number of rotatable bonds is 18. The van der Waals surface area contributed by atoms with Crippen molar-refractivity contribution in [1.29, 1.82) is 0 Å². The van der Waals surface area contributed by atoms with E-state index in [-0.39, 0.29) is 0 Å². The van der Waals surface area contributed by atoms with Crippen LogP contribution in [-0.4, -0.2) is 109 Å². The van der Waals surface area contributed by atoms with Gasteiger partial charge in [0.2, 0.25) is 24.9 Å². The van der Waals surface area contributed by atoms with Crippen molar-refractivity contribution in [3.63, 3.8) is 0 Å². The van der Waals surface area contributed by atoms with Gasteiger partial charge in [-0.05, 0) is 0 Å². The fourth-order valence-corrected chi connectivity index (χ4v) is 2.94. The third-order valence-corrected chi connectivity index (χ3v) is 6.10. The van der Waals surface area contributed by atoms with Crippen LogP contribution in [0, 0.1) is 0 Å². The number of halogens is 32. The Balaban J connectivity index is 6.94. The second kappa shape index (κ2) is 13.2. The number of hydrogen-bond acceptors (Lipinski definition) is 1. The molecule has 1 N–H and O–H groups in total. The fraction of sp³-hybridized carbons (Fsp3) is 1.00. The summed E-state index contributed by atoms with van der Waals surface area (Å²) in [5.74, 6) is -105. The second-order valence-corrected chi connectivity index (χ2v) is 9.45. The molecule has 0 aliphatic rings. The van der Waals surface area contributed by atoms with Crippen LogP contribution in [0.25, 0.3) is 0 Å². The summed E-state index contributed by atoms with van der Waals surface area (Å²) in [6, 6.07) is 0. The molecule has 4 atom stereocenters. The highest BCUT2D eigenvalue weighted by Gasteiger charge is 2.94. The predicted molar refractivity (Wildman–Crippen MR) is 94.1 cm³/mol. The molecule has 0 aromatic rings. The van der Waals surface area contributed by atoms with E-state index in [2.05, 4.69) is 0 Å². The summed E-state index contributed by atoms with van der Waals surface area (Å²) in [6.07, 6.45) is -36.8. The number of alkyl halides is 32. The first-order valence-electron chi connectivity index (χ1n) is 11.2. The van der Waals surface area contributed by atoms with Crippen LogP contribution in [0.2, 0.25) is 0 Å². The minimum atomic E-state index is -9.18. The Kier molecular flexibility index (Phi) is 12.6. The van der Waals surface area contributed by atoms with Gasteiger partial charge in [-0.15, -0.1) is 0 Å². The molecule has 0 radical (unpaired) electrons. The highest BCUT2D eigenvalue weighted by molar-refractivity contribution is 5.16. The number of nitrogens with one attached hydrogen (secondary N) is 1. The zero-order valence-electron chi connectivity index (χ0n) is 22.1. The summed E-state index contributed by atoms with van der Waals surface area (Å²) in [5.41, 5.74) is 0. The van der Waals surface area contributed by atoms with Crippen molar-refractivity contribution < 1.29 is 140 Å². The molecule has 0 fully saturated rings. The Bertz CT molecular complexity index is 1100. The van der Waals surface area contributed by atoms with Gasteiger partial charge in [-0.2, -0.15) is 105 Å². The summed E-state index contributed by atoms with van der Waals surface area (Å²) >= 11 is 0. The quantitative estimate of drug-likeness (QED) is 0.107. The molecule has 33 heteroatoms. The molecular formula is C18H7F32N. The van der Waals surface area contributed by atoms with Gasteiger partial charge >= 0.3 is 71.1 Å². The average molecular weight is 845 g/mol. The molecule has 308 valence electrons. The Morgan fingerprint density at radius 2 is 0.392 bits per heavy atom. The molecule has 0 aliphatic heterocycles. The van der Waals surface area contributed by atoms with Crippen LogP contribution in [0.3, 0.4) is 0 Å². The van der Waals surface area contributed by atoms with E-state index in [0.717, 1.165) is 0 Å². The third-order valence-electron chi connectivity index (χ3n) is 6.10. The molecule has 0 bridgehead atoms. The highest BCUT2D eigenvalue weighted by Crippen LogP contribution is 2.63. The van der Waals surface area contributed by atoms with Crippen LogP contribution < -0.4 is 5.32 Å². The highest BCUT2D eigenvalue weighted by atomic mass is 19.4. The SMILES string of the molecule is FC(F)C(F)C(F)(F)C(F)(F)C(F)(F)C(F)(F)C(F)(F)C(F)(F)C(F)NC(F)C(F)(F)C(F)(F)C(F)(F)C(F)(F)C(F)(F)C(F)(F)C(F)C(F)F. The minimum absolute atomic E-state index is 1.62.